The van der Waals surface area contributed by atoms with Crippen molar-refractivity contribution < 1.29 is 4.79 Å². The Morgan fingerprint density at radius 2 is 1.80 bits per heavy atom. The van der Waals surface area contributed by atoms with E-state index in [1.165, 1.54) is 45.4 Å². The van der Waals surface area contributed by atoms with Crippen LogP contribution in [-0.2, 0) is 4.79 Å². The third-order valence-corrected chi connectivity index (χ3v) is 4.83. The molecular formula is C16H31N3O. The first-order valence-electron chi connectivity index (χ1n) is 8.08. The van der Waals surface area contributed by atoms with Gasteiger partial charge in [0.1, 0.15) is 0 Å². The fourth-order valence-electron chi connectivity index (χ4n) is 3.55. The van der Waals surface area contributed by atoms with Gasteiger partial charge in [0, 0.05) is 32.1 Å². The topological polar surface area (TPSA) is 26.8 Å². The van der Waals surface area contributed by atoms with Gasteiger partial charge in [0.2, 0.25) is 5.91 Å². The Morgan fingerprint density at radius 1 is 1.20 bits per heavy atom. The number of hydrogen-bond acceptors (Lipinski definition) is 3. The lowest BCUT2D eigenvalue weighted by atomic mass is 9.72. The van der Waals surface area contributed by atoms with Gasteiger partial charge in [-0.05, 0) is 51.9 Å². The lowest BCUT2D eigenvalue weighted by Crippen LogP contribution is -2.61. The van der Waals surface area contributed by atoms with Crippen LogP contribution in [0.25, 0.3) is 0 Å². The molecule has 4 nitrogen and oxygen atoms in total. The summed E-state index contributed by atoms with van der Waals surface area (Å²) < 4.78 is 0. The molecule has 4 heteroatoms. The van der Waals surface area contributed by atoms with Gasteiger partial charge in [-0.2, -0.15) is 0 Å². The Bertz CT molecular complexity index is 325. The molecule has 0 aromatic carbocycles. The molecule has 1 spiro atoms. The number of piperidine rings is 1. The van der Waals surface area contributed by atoms with Crippen molar-refractivity contribution in [1.29, 1.82) is 0 Å². The molecule has 0 saturated carbocycles. The number of nitrogens with zero attached hydrogens (tertiary/aromatic N) is 3. The zero-order chi connectivity index (χ0) is 14.8. The van der Waals surface area contributed by atoms with Gasteiger partial charge in [-0.15, -0.1) is 0 Å². The first kappa shape index (κ1) is 15.8. The molecule has 116 valence electrons. The molecule has 2 aliphatic heterocycles. The van der Waals surface area contributed by atoms with Crippen LogP contribution < -0.4 is 0 Å². The number of amides is 1. The fraction of sp³-hybridized carbons (Fsp3) is 0.938. The predicted molar refractivity (Wildman–Crippen MR) is 82.7 cm³/mol. The lowest BCUT2D eigenvalue weighted by Gasteiger charge is -2.54. The molecule has 0 radical (unpaired) electrons. The zero-order valence-corrected chi connectivity index (χ0v) is 13.7. The molecule has 1 amide bonds. The molecule has 2 fully saturated rings. The highest BCUT2D eigenvalue weighted by molar-refractivity contribution is 5.78. The van der Waals surface area contributed by atoms with Gasteiger partial charge >= 0.3 is 0 Å². The third-order valence-electron chi connectivity index (χ3n) is 4.83. The second kappa shape index (κ2) is 6.44. The number of carbonyl (C=O) groups is 1. The minimum Gasteiger partial charge on any atom is -0.342 e. The van der Waals surface area contributed by atoms with Crippen molar-refractivity contribution in [2.24, 2.45) is 11.3 Å². The average Bonchev–Trinajstić information content (AvgIpc) is 2.36. The second-order valence-electron chi connectivity index (χ2n) is 7.35. The van der Waals surface area contributed by atoms with Gasteiger partial charge in [-0.1, -0.05) is 13.8 Å². The summed E-state index contributed by atoms with van der Waals surface area (Å²) in [6.45, 7) is 10.9. The van der Waals surface area contributed by atoms with Crippen LogP contribution in [0.4, 0.5) is 0 Å². The minimum atomic E-state index is 0.146. The van der Waals surface area contributed by atoms with Crippen molar-refractivity contribution in [3.05, 3.63) is 0 Å². The molecule has 0 aromatic rings. The number of carbonyl (C=O) groups excluding carboxylic acids is 1. The summed E-state index contributed by atoms with van der Waals surface area (Å²) in [4.78, 5) is 18.9. The normalized spacial score (nSPS) is 22.6. The number of likely N-dealkylation sites (tertiary alicyclic amines) is 2. The van der Waals surface area contributed by atoms with E-state index in [1.807, 2.05) is 13.8 Å². The summed E-state index contributed by atoms with van der Waals surface area (Å²) >= 11 is 0. The van der Waals surface area contributed by atoms with E-state index < -0.39 is 0 Å². The van der Waals surface area contributed by atoms with Crippen molar-refractivity contribution in [3.8, 4) is 0 Å². The summed E-state index contributed by atoms with van der Waals surface area (Å²) in [6.07, 6.45) is 3.67. The van der Waals surface area contributed by atoms with Crippen molar-refractivity contribution in [2.45, 2.75) is 33.1 Å². The maximum Gasteiger partial charge on any atom is 0.225 e. The van der Waals surface area contributed by atoms with Crippen LogP contribution in [-0.4, -0.2) is 74.0 Å². The first-order chi connectivity index (χ1) is 9.42. The quantitative estimate of drug-likeness (QED) is 0.764. The Hall–Kier alpha value is -0.610. The molecule has 2 saturated heterocycles. The average molecular weight is 281 g/mol. The number of hydrogen-bond donors (Lipinski definition) is 0. The highest BCUT2D eigenvalue weighted by atomic mass is 16.2. The van der Waals surface area contributed by atoms with Crippen LogP contribution in [0.1, 0.15) is 33.1 Å². The molecule has 0 aromatic heterocycles. The molecule has 0 N–H and O–H groups in total. The Morgan fingerprint density at radius 3 is 2.30 bits per heavy atom. The van der Waals surface area contributed by atoms with E-state index in [0.717, 1.165) is 13.1 Å². The molecule has 0 unspecified atom stereocenters. The van der Waals surface area contributed by atoms with E-state index in [0.29, 0.717) is 11.3 Å². The van der Waals surface area contributed by atoms with Crippen LogP contribution >= 0.6 is 0 Å². The monoisotopic (exact) mass is 281 g/mol. The van der Waals surface area contributed by atoms with E-state index in [4.69, 9.17) is 0 Å². The van der Waals surface area contributed by atoms with Crippen molar-refractivity contribution in [3.63, 3.8) is 0 Å². The lowest BCUT2D eigenvalue weighted by molar-refractivity contribution is -0.139. The van der Waals surface area contributed by atoms with Gasteiger partial charge in [-0.25, -0.2) is 0 Å². The van der Waals surface area contributed by atoms with Crippen molar-refractivity contribution >= 4 is 5.91 Å². The zero-order valence-electron chi connectivity index (χ0n) is 13.7. The van der Waals surface area contributed by atoms with E-state index in [1.54, 1.807) is 0 Å². The summed E-state index contributed by atoms with van der Waals surface area (Å²) in [5.74, 6) is 0.481. The third kappa shape index (κ3) is 3.73. The minimum absolute atomic E-state index is 0.146. The van der Waals surface area contributed by atoms with Gasteiger partial charge in [0.15, 0.2) is 0 Å². The van der Waals surface area contributed by atoms with E-state index in [9.17, 15) is 4.79 Å². The van der Waals surface area contributed by atoms with Crippen LogP contribution in [0.5, 0.6) is 0 Å². The van der Waals surface area contributed by atoms with E-state index >= 15 is 0 Å². The maximum atomic E-state index is 12.0. The summed E-state index contributed by atoms with van der Waals surface area (Å²) in [6, 6.07) is 0. The van der Waals surface area contributed by atoms with E-state index in [2.05, 4.69) is 28.8 Å². The van der Waals surface area contributed by atoms with Gasteiger partial charge in [0.05, 0.1) is 0 Å². The molecule has 2 heterocycles. The predicted octanol–water partition coefficient (Wildman–Crippen LogP) is 1.52. The maximum absolute atomic E-state index is 12.0. The SMILES string of the molecule is CC(C)C(=O)N1CCC2(CC1)CN(CCCN(C)C)C2. The second-order valence-corrected chi connectivity index (χ2v) is 7.35. The standard InChI is InChI=1S/C16H31N3O/c1-14(2)15(20)19-10-6-16(7-11-19)12-18(13-16)9-5-8-17(3)4/h14H,5-13H2,1-4H3. The molecule has 0 bridgehead atoms. The Kier molecular flexibility index (Phi) is 5.08. The molecule has 0 atom stereocenters. The molecule has 0 aliphatic carbocycles. The molecule has 2 rings (SSSR count). The van der Waals surface area contributed by atoms with Crippen molar-refractivity contribution in [1.82, 2.24) is 14.7 Å². The molecule has 2 aliphatic rings. The van der Waals surface area contributed by atoms with Gasteiger partial charge in [-0.3, -0.25) is 4.79 Å². The van der Waals surface area contributed by atoms with Crippen LogP contribution in [0, 0.1) is 11.3 Å². The Labute approximate surface area is 124 Å². The van der Waals surface area contributed by atoms with Crippen molar-refractivity contribution in [2.75, 3.05) is 53.4 Å². The summed E-state index contributed by atoms with van der Waals surface area (Å²) in [7, 11) is 4.28. The van der Waals surface area contributed by atoms with E-state index in [-0.39, 0.29) is 5.92 Å². The summed E-state index contributed by atoms with van der Waals surface area (Å²) in [5.41, 5.74) is 0.534. The molecule has 20 heavy (non-hydrogen) atoms. The fourth-order valence-corrected chi connectivity index (χ4v) is 3.55. The highest BCUT2D eigenvalue weighted by Crippen LogP contribution is 2.40. The molecular weight excluding hydrogens is 250 g/mol. The van der Waals surface area contributed by atoms with Crippen LogP contribution in [0.3, 0.4) is 0 Å². The Balaban J connectivity index is 1.67. The highest BCUT2D eigenvalue weighted by Gasteiger charge is 2.44. The summed E-state index contributed by atoms with van der Waals surface area (Å²) in [5, 5.41) is 0. The number of rotatable bonds is 5. The van der Waals surface area contributed by atoms with Gasteiger partial charge < -0.3 is 14.7 Å². The van der Waals surface area contributed by atoms with Crippen LogP contribution in [0.15, 0.2) is 0 Å². The van der Waals surface area contributed by atoms with Gasteiger partial charge in [0.25, 0.3) is 0 Å². The smallest absolute Gasteiger partial charge is 0.225 e. The largest absolute Gasteiger partial charge is 0.342 e. The van der Waals surface area contributed by atoms with Crippen LogP contribution in [0.2, 0.25) is 0 Å². The first-order valence-corrected chi connectivity index (χ1v) is 8.08.